The van der Waals surface area contributed by atoms with E-state index in [1.807, 2.05) is 6.92 Å². The van der Waals surface area contributed by atoms with E-state index in [-0.39, 0.29) is 18.3 Å². The van der Waals surface area contributed by atoms with Gasteiger partial charge in [-0.3, -0.25) is 4.98 Å². The van der Waals surface area contributed by atoms with Crippen LogP contribution in [-0.2, 0) is 9.31 Å². The summed E-state index contributed by atoms with van der Waals surface area (Å²) in [5.74, 6) is 0. The third-order valence-corrected chi connectivity index (χ3v) is 4.59. The van der Waals surface area contributed by atoms with Gasteiger partial charge in [0.25, 0.3) is 0 Å². The van der Waals surface area contributed by atoms with Crippen molar-refractivity contribution in [3.05, 3.63) is 10.6 Å². The maximum atomic E-state index is 5.94. The van der Waals surface area contributed by atoms with E-state index in [2.05, 4.69) is 39.6 Å². The van der Waals surface area contributed by atoms with Gasteiger partial charge in [0.15, 0.2) is 0 Å². The Kier molecular flexibility index (Phi) is 2.68. The molecule has 2 rings (SSSR count). The van der Waals surface area contributed by atoms with E-state index >= 15 is 0 Å². The fourth-order valence-corrected chi connectivity index (χ4v) is 2.42. The summed E-state index contributed by atoms with van der Waals surface area (Å²) in [6, 6.07) is 0. The van der Waals surface area contributed by atoms with Crippen molar-refractivity contribution in [1.82, 2.24) is 4.98 Å². The fraction of sp³-hybridized carbons (Fsp3) is 0.727. The second kappa shape index (κ2) is 3.55. The van der Waals surface area contributed by atoms with Gasteiger partial charge in [0.2, 0.25) is 0 Å². The molecule has 0 radical (unpaired) electrons. The highest BCUT2D eigenvalue weighted by Gasteiger charge is 2.52. The summed E-state index contributed by atoms with van der Waals surface area (Å²) in [5, 5.41) is 0. The van der Waals surface area contributed by atoms with Crippen molar-refractivity contribution in [2.45, 2.75) is 52.7 Å². The lowest BCUT2D eigenvalue weighted by molar-refractivity contribution is 0.00578. The van der Waals surface area contributed by atoms with Crippen LogP contribution in [0.25, 0.3) is 0 Å². The molecule has 1 fully saturated rings. The maximum Gasteiger partial charge on any atom is 0.525 e. The van der Waals surface area contributed by atoms with E-state index in [0.29, 0.717) is 0 Å². The van der Waals surface area contributed by atoms with Crippen LogP contribution in [0, 0.1) is 13.8 Å². The summed E-state index contributed by atoms with van der Waals surface area (Å²) in [5.41, 5.74) is 0.491. The zero-order valence-corrected chi connectivity index (χ0v) is 11.6. The second-order valence-electron chi connectivity index (χ2n) is 5.28. The van der Waals surface area contributed by atoms with Gasteiger partial charge in [-0.2, -0.15) is 0 Å². The Morgan fingerprint density at radius 3 is 1.94 bits per heavy atom. The van der Waals surface area contributed by atoms with Crippen molar-refractivity contribution in [3.8, 4) is 0 Å². The Labute approximate surface area is 101 Å². The van der Waals surface area contributed by atoms with Crippen molar-refractivity contribution >= 4 is 23.4 Å². The van der Waals surface area contributed by atoms with Gasteiger partial charge in [0.1, 0.15) is 4.91 Å². The lowest BCUT2D eigenvalue weighted by Crippen LogP contribution is -2.41. The molecular formula is C11H18BNO2S. The number of nitrogens with zero attached hydrogens (tertiary/aromatic N) is 1. The van der Waals surface area contributed by atoms with Crippen LogP contribution in [0.15, 0.2) is 0 Å². The molecule has 0 unspecified atom stereocenters. The third-order valence-electron chi connectivity index (χ3n) is 3.50. The molecule has 0 bridgehead atoms. The molecule has 0 aromatic carbocycles. The number of thiazole rings is 1. The summed E-state index contributed by atoms with van der Waals surface area (Å²) >= 11 is 1.65. The minimum absolute atomic E-state index is 0.287. The molecule has 3 nitrogen and oxygen atoms in total. The molecule has 16 heavy (non-hydrogen) atoms. The van der Waals surface area contributed by atoms with Crippen LogP contribution >= 0.6 is 11.3 Å². The molecule has 5 heteroatoms. The molecule has 1 aliphatic rings. The van der Waals surface area contributed by atoms with Crippen molar-refractivity contribution < 1.29 is 9.31 Å². The van der Waals surface area contributed by atoms with E-state index in [1.54, 1.807) is 11.3 Å². The van der Waals surface area contributed by atoms with Crippen molar-refractivity contribution in [2.75, 3.05) is 0 Å². The summed E-state index contributed by atoms with van der Waals surface area (Å²) in [7, 11) is -0.317. The topological polar surface area (TPSA) is 31.4 Å². The molecule has 0 spiro atoms. The molecular weight excluding hydrogens is 221 g/mol. The van der Waals surface area contributed by atoms with E-state index in [0.717, 1.165) is 10.6 Å². The average molecular weight is 239 g/mol. The summed E-state index contributed by atoms with van der Waals surface area (Å²) < 4.78 is 11.9. The number of rotatable bonds is 1. The molecule has 0 saturated carbocycles. The first kappa shape index (κ1) is 12.1. The Bertz CT molecular complexity index is 379. The van der Waals surface area contributed by atoms with Gasteiger partial charge in [-0.15, -0.1) is 11.3 Å². The zero-order valence-electron chi connectivity index (χ0n) is 10.7. The minimum atomic E-state index is -0.317. The highest BCUT2D eigenvalue weighted by atomic mass is 32.1. The Hall–Kier alpha value is -0.385. The van der Waals surface area contributed by atoms with Crippen LogP contribution in [0.1, 0.15) is 38.3 Å². The molecule has 0 amide bonds. The SMILES string of the molecule is Cc1nc(B2OC(C)(C)C(C)(C)O2)sc1C. The quantitative estimate of drug-likeness (QED) is 0.703. The van der Waals surface area contributed by atoms with Crippen LogP contribution in [0.5, 0.6) is 0 Å². The van der Waals surface area contributed by atoms with Crippen LogP contribution < -0.4 is 4.91 Å². The molecule has 2 heterocycles. The van der Waals surface area contributed by atoms with Crippen LogP contribution in [-0.4, -0.2) is 23.3 Å². The van der Waals surface area contributed by atoms with Gasteiger partial charge in [0, 0.05) is 4.88 Å². The van der Waals surface area contributed by atoms with Crippen LogP contribution in [0.4, 0.5) is 0 Å². The first-order chi connectivity index (χ1) is 7.23. The lowest BCUT2D eigenvalue weighted by atomic mass is 9.90. The average Bonchev–Trinajstić information content (AvgIpc) is 2.54. The molecule has 1 saturated heterocycles. The van der Waals surface area contributed by atoms with Gasteiger partial charge < -0.3 is 9.31 Å². The van der Waals surface area contributed by atoms with Crippen molar-refractivity contribution in [3.63, 3.8) is 0 Å². The fourth-order valence-electron chi connectivity index (χ4n) is 1.54. The normalized spacial score (nSPS) is 22.8. The lowest BCUT2D eigenvalue weighted by Gasteiger charge is -2.32. The maximum absolute atomic E-state index is 5.94. The molecule has 1 aromatic heterocycles. The number of aromatic nitrogens is 1. The van der Waals surface area contributed by atoms with Gasteiger partial charge in [-0.05, 0) is 41.5 Å². The zero-order chi connectivity index (χ0) is 12.1. The summed E-state index contributed by atoms with van der Waals surface area (Å²) in [4.78, 5) is 6.64. The smallest absolute Gasteiger partial charge is 0.398 e. The van der Waals surface area contributed by atoms with E-state index in [1.165, 1.54) is 4.88 Å². The first-order valence-corrected chi connectivity index (χ1v) is 6.34. The van der Waals surface area contributed by atoms with E-state index in [4.69, 9.17) is 9.31 Å². The predicted octanol–water partition coefficient (Wildman–Crippen LogP) is 2.06. The molecule has 0 N–H and O–H groups in total. The standard InChI is InChI=1S/C11H18BNO2S/c1-7-8(2)16-9(13-7)12-14-10(3,4)11(5,6)15-12/h1-6H3. The van der Waals surface area contributed by atoms with Crippen molar-refractivity contribution in [1.29, 1.82) is 0 Å². The van der Waals surface area contributed by atoms with Gasteiger partial charge in [-0.1, -0.05) is 0 Å². The summed E-state index contributed by atoms with van der Waals surface area (Å²) in [6.07, 6.45) is 0. The number of hydrogen-bond donors (Lipinski definition) is 0. The number of aryl methyl sites for hydroxylation is 2. The second-order valence-corrected chi connectivity index (χ2v) is 6.52. The van der Waals surface area contributed by atoms with Crippen LogP contribution in [0.2, 0.25) is 0 Å². The van der Waals surface area contributed by atoms with E-state index in [9.17, 15) is 0 Å². The number of hydrogen-bond acceptors (Lipinski definition) is 4. The predicted molar refractivity (Wildman–Crippen MR) is 67.3 cm³/mol. The Balaban J connectivity index is 2.27. The monoisotopic (exact) mass is 239 g/mol. The van der Waals surface area contributed by atoms with Gasteiger partial charge in [0.05, 0.1) is 16.9 Å². The largest absolute Gasteiger partial charge is 0.525 e. The highest BCUT2D eigenvalue weighted by Crippen LogP contribution is 2.36. The third kappa shape index (κ3) is 1.81. The molecule has 0 aliphatic carbocycles. The Morgan fingerprint density at radius 1 is 1.06 bits per heavy atom. The van der Waals surface area contributed by atoms with Gasteiger partial charge in [-0.25, -0.2) is 0 Å². The van der Waals surface area contributed by atoms with Crippen LogP contribution in [0.3, 0.4) is 0 Å². The molecule has 1 aromatic rings. The molecule has 1 aliphatic heterocycles. The highest BCUT2D eigenvalue weighted by molar-refractivity contribution is 7.21. The molecule has 0 atom stereocenters. The van der Waals surface area contributed by atoms with Crippen molar-refractivity contribution in [2.24, 2.45) is 0 Å². The molecule has 88 valence electrons. The Morgan fingerprint density at radius 2 is 1.56 bits per heavy atom. The first-order valence-electron chi connectivity index (χ1n) is 5.52. The summed E-state index contributed by atoms with van der Waals surface area (Å²) in [6.45, 7) is 12.3. The van der Waals surface area contributed by atoms with Gasteiger partial charge >= 0.3 is 7.12 Å². The van der Waals surface area contributed by atoms with E-state index < -0.39 is 0 Å². The minimum Gasteiger partial charge on any atom is -0.398 e.